The molecule has 0 aromatic carbocycles. The molecule has 6 nitrogen and oxygen atoms in total. The van der Waals surface area contributed by atoms with E-state index in [1.165, 1.54) is 0 Å². The summed E-state index contributed by atoms with van der Waals surface area (Å²) in [5, 5.41) is 13.4. The summed E-state index contributed by atoms with van der Waals surface area (Å²) >= 11 is 0. The van der Waals surface area contributed by atoms with E-state index in [1.807, 2.05) is 26.8 Å². The van der Waals surface area contributed by atoms with Crippen molar-refractivity contribution < 1.29 is 9.53 Å². The first kappa shape index (κ1) is 15.8. The Morgan fingerprint density at radius 1 is 1.33 bits per heavy atom. The van der Waals surface area contributed by atoms with Crippen molar-refractivity contribution in [3.05, 3.63) is 18.0 Å². The minimum Gasteiger partial charge on any atom is -0.444 e. The average Bonchev–Trinajstić information content (AvgIpc) is 2.89. The Hall–Kier alpha value is -1.56. The molecule has 0 aliphatic heterocycles. The van der Waals surface area contributed by atoms with Gasteiger partial charge in [-0.25, -0.2) is 4.79 Å². The van der Waals surface area contributed by atoms with Gasteiger partial charge in [0.1, 0.15) is 5.60 Å². The topological polar surface area (TPSA) is 79.0 Å². The summed E-state index contributed by atoms with van der Waals surface area (Å²) in [5.74, 6) is 0. The lowest BCUT2D eigenvalue weighted by Gasteiger charge is -2.30. The van der Waals surface area contributed by atoms with Gasteiger partial charge in [-0.3, -0.25) is 5.10 Å². The third-order valence-corrected chi connectivity index (χ3v) is 3.59. The second kappa shape index (κ2) is 6.93. The van der Waals surface area contributed by atoms with Gasteiger partial charge in [-0.05, 0) is 52.5 Å². The second-order valence-corrected chi connectivity index (χ2v) is 6.66. The highest BCUT2D eigenvalue weighted by Crippen LogP contribution is 2.19. The van der Waals surface area contributed by atoms with E-state index in [0.717, 1.165) is 37.9 Å². The van der Waals surface area contributed by atoms with E-state index in [9.17, 15) is 4.79 Å². The van der Waals surface area contributed by atoms with Gasteiger partial charge in [-0.15, -0.1) is 0 Å². The Kier molecular flexibility index (Phi) is 5.22. The highest BCUT2D eigenvalue weighted by molar-refractivity contribution is 5.68. The van der Waals surface area contributed by atoms with E-state index in [-0.39, 0.29) is 12.1 Å². The Labute approximate surface area is 126 Å². The van der Waals surface area contributed by atoms with Crippen molar-refractivity contribution in [1.29, 1.82) is 0 Å². The number of aromatic nitrogens is 2. The van der Waals surface area contributed by atoms with Crippen molar-refractivity contribution in [1.82, 2.24) is 20.8 Å². The largest absolute Gasteiger partial charge is 0.444 e. The molecule has 1 saturated carbocycles. The molecule has 0 spiro atoms. The summed E-state index contributed by atoms with van der Waals surface area (Å²) in [6.07, 6.45) is 5.55. The standard InChI is InChI=1S/C15H26N4O2/c1-15(2,3)21-14(20)18-12-6-4-11(5-7-12)16-10-13-8-9-17-19-13/h8-9,11-12,16H,4-7,10H2,1-3H3,(H,17,19)(H,18,20). The summed E-state index contributed by atoms with van der Waals surface area (Å²) in [5.41, 5.74) is 0.663. The minimum absolute atomic E-state index is 0.227. The molecule has 0 atom stereocenters. The first-order valence-corrected chi connectivity index (χ1v) is 7.63. The number of nitrogens with zero attached hydrogens (tertiary/aromatic N) is 1. The Morgan fingerprint density at radius 2 is 2.00 bits per heavy atom. The number of carbonyl (C=O) groups is 1. The lowest BCUT2D eigenvalue weighted by atomic mass is 9.91. The molecule has 118 valence electrons. The highest BCUT2D eigenvalue weighted by Gasteiger charge is 2.24. The third-order valence-electron chi connectivity index (χ3n) is 3.59. The van der Waals surface area contributed by atoms with Crippen LogP contribution in [0.3, 0.4) is 0 Å². The zero-order chi connectivity index (χ0) is 15.3. The van der Waals surface area contributed by atoms with Crippen LogP contribution in [0.25, 0.3) is 0 Å². The lowest BCUT2D eigenvalue weighted by Crippen LogP contribution is -2.43. The Morgan fingerprint density at radius 3 is 2.57 bits per heavy atom. The summed E-state index contributed by atoms with van der Waals surface area (Å²) in [4.78, 5) is 11.7. The van der Waals surface area contributed by atoms with Gasteiger partial charge >= 0.3 is 6.09 Å². The molecule has 1 aliphatic rings. The normalized spacial score (nSPS) is 22.8. The fraction of sp³-hybridized carbons (Fsp3) is 0.733. The maximum absolute atomic E-state index is 11.7. The van der Waals surface area contributed by atoms with Gasteiger partial charge in [0, 0.05) is 30.5 Å². The number of amides is 1. The van der Waals surface area contributed by atoms with Gasteiger partial charge in [0.25, 0.3) is 0 Å². The molecule has 1 aliphatic carbocycles. The molecule has 0 bridgehead atoms. The monoisotopic (exact) mass is 294 g/mol. The van der Waals surface area contributed by atoms with E-state index >= 15 is 0 Å². The fourth-order valence-corrected chi connectivity index (χ4v) is 2.55. The van der Waals surface area contributed by atoms with Crippen molar-refractivity contribution in [2.45, 2.75) is 70.7 Å². The van der Waals surface area contributed by atoms with Gasteiger partial charge in [0.2, 0.25) is 0 Å². The molecule has 21 heavy (non-hydrogen) atoms. The fourth-order valence-electron chi connectivity index (χ4n) is 2.55. The van der Waals surface area contributed by atoms with Crippen LogP contribution in [0.4, 0.5) is 4.79 Å². The van der Waals surface area contributed by atoms with Gasteiger partial charge in [-0.1, -0.05) is 0 Å². The lowest BCUT2D eigenvalue weighted by molar-refractivity contribution is 0.0489. The summed E-state index contributed by atoms with van der Waals surface area (Å²) in [6.45, 7) is 6.45. The number of H-pyrrole nitrogens is 1. The van der Waals surface area contributed by atoms with Crippen molar-refractivity contribution in [2.75, 3.05) is 0 Å². The van der Waals surface area contributed by atoms with E-state index < -0.39 is 5.60 Å². The first-order chi connectivity index (χ1) is 9.92. The summed E-state index contributed by atoms with van der Waals surface area (Å²) in [6, 6.07) is 2.71. The van der Waals surface area contributed by atoms with Gasteiger partial charge in [0.15, 0.2) is 0 Å². The highest BCUT2D eigenvalue weighted by atomic mass is 16.6. The number of alkyl carbamates (subject to hydrolysis) is 1. The number of rotatable bonds is 4. The predicted molar refractivity (Wildman–Crippen MR) is 80.8 cm³/mol. The minimum atomic E-state index is -0.438. The van der Waals surface area contributed by atoms with Crippen LogP contribution in [-0.2, 0) is 11.3 Å². The molecule has 0 saturated heterocycles. The first-order valence-electron chi connectivity index (χ1n) is 7.63. The zero-order valence-corrected chi connectivity index (χ0v) is 13.1. The number of hydrogen-bond donors (Lipinski definition) is 3. The smallest absolute Gasteiger partial charge is 0.407 e. The SMILES string of the molecule is CC(C)(C)OC(=O)NC1CCC(NCc2ccn[nH]2)CC1. The molecule has 1 fully saturated rings. The van der Waals surface area contributed by atoms with E-state index in [1.54, 1.807) is 6.20 Å². The van der Waals surface area contributed by atoms with Crippen molar-refractivity contribution in [3.63, 3.8) is 0 Å². The average molecular weight is 294 g/mol. The molecular formula is C15H26N4O2. The maximum atomic E-state index is 11.7. The number of hydrogen-bond acceptors (Lipinski definition) is 4. The predicted octanol–water partition coefficient (Wildman–Crippen LogP) is 2.34. The second-order valence-electron chi connectivity index (χ2n) is 6.66. The van der Waals surface area contributed by atoms with Crippen LogP contribution < -0.4 is 10.6 Å². The quantitative estimate of drug-likeness (QED) is 0.796. The molecule has 2 rings (SSSR count). The number of nitrogens with one attached hydrogen (secondary N) is 3. The number of aromatic amines is 1. The van der Waals surface area contributed by atoms with Crippen LogP contribution in [0.15, 0.2) is 12.3 Å². The van der Waals surface area contributed by atoms with Crippen LogP contribution in [0.2, 0.25) is 0 Å². The van der Waals surface area contributed by atoms with E-state index in [2.05, 4.69) is 20.8 Å². The van der Waals surface area contributed by atoms with Crippen molar-refractivity contribution >= 4 is 6.09 Å². The van der Waals surface area contributed by atoms with Crippen LogP contribution in [0.5, 0.6) is 0 Å². The Balaban J connectivity index is 1.65. The molecule has 1 aromatic heterocycles. The zero-order valence-electron chi connectivity index (χ0n) is 13.1. The molecule has 1 aromatic rings. The van der Waals surface area contributed by atoms with Crippen LogP contribution in [0, 0.1) is 0 Å². The molecule has 0 radical (unpaired) electrons. The molecule has 0 unspecified atom stereocenters. The molecule has 1 amide bonds. The van der Waals surface area contributed by atoms with Gasteiger partial charge in [-0.2, -0.15) is 5.10 Å². The van der Waals surface area contributed by atoms with Crippen molar-refractivity contribution in [2.24, 2.45) is 0 Å². The molecule has 3 N–H and O–H groups in total. The summed E-state index contributed by atoms with van der Waals surface area (Å²) in [7, 11) is 0. The number of carbonyl (C=O) groups excluding carboxylic acids is 1. The molecular weight excluding hydrogens is 268 g/mol. The van der Waals surface area contributed by atoms with Crippen LogP contribution in [-0.4, -0.2) is 34.0 Å². The number of ether oxygens (including phenoxy) is 1. The molecule has 6 heteroatoms. The Bertz CT molecular complexity index is 431. The van der Waals surface area contributed by atoms with Gasteiger partial charge < -0.3 is 15.4 Å². The van der Waals surface area contributed by atoms with E-state index in [0.29, 0.717) is 6.04 Å². The molecule has 1 heterocycles. The summed E-state index contributed by atoms with van der Waals surface area (Å²) < 4.78 is 5.29. The maximum Gasteiger partial charge on any atom is 0.407 e. The van der Waals surface area contributed by atoms with Gasteiger partial charge in [0.05, 0.1) is 0 Å². The van der Waals surface area contributed by atoms with Crippen LogP contribution >= 0.6 is 0 Å². The van der Waals surface area contributed by atoms with E-state index in [4.69, 9.17) is 4.74 Å². The third kappa shape index (κ3) is 5.75. The van der Waals surface area contributed by atoms with Crippen molar-refractivity contribution in [3.8, 4) is 0 Å². The van der Waals surface area contributed by atoms with Crippen LogP contribution in [0.1, 0.15) is 52.1 Å².